The number of nitrogens with one attached hydrogen (secondary N) is 2. The van der Waals surface area contributed by atoms with Crippen LogP contribution >= 0.6 is 12.4 Å². The molecular weight excluding hydrogens is 326 g/mol. The molecule has 0 unspecified atom stereocenters. The zero-order chi connectivity index (χ0) is 17.0. The Hall–Kier alpha value is -1.59. The molecule has 2 rings (SSSR count). The van der Waals surface area contributed by atoms with Crippen LogP contribution in [0.5, 0.6) is 0 Å². The second kappa shape index (κ2) is 9.04. The van der Waals surface area contributed by atoms with Crippen molar-refractivity contribution in [1.82, 2.24) is 10.2 Å². The van der Waals surface area contributed by atoms with Gasteiger partial charge in [0.1, 0.15) is 0 Å². The smallest absolute Gasteiger partial charge is 0.243 e. The highest BCUT2D eigenvalue weighted by atomic mass is 35.5. The minimum absolute atomic E-state index is 0. The maximum atomic E-state index is 12.4. The van der Waals surface area contributed by atoms with E-state index in [-0.39, 0.29) is 36.7 Å². The molecule has 1 heterocycles. The summed E-state index contributed by atoms with van der Waals surface area (Å²) in [6, 6.07) is 4.10. The Labute approximate surface area is 150 Å². The monoisotopic (exact) mass is 353 g/mol. The third-order valence-corrected chi connectivity index (χ3v) is 4.39. The van der Waals surface area contributed by atoms with Crippen molar-refractivity contribution in [2.75, 3.05) is 32.0 Å². The van der Waals surface area contributed by atoms with Gasteiger partial charge in [-0.05, 0) is 57.8 Å². The molecule has 1 saturated heterocycles. The molecule has 5 nitrogen and oxygen atoms in total. The number of aryl methyl sites for hydroxylation is 3. The van der Waals surface area contributed by atoms with Crippen LogP contribution in [0, 0.1) is 26.7 Å². The molecule has 0 saturated carbocycles. The fourth-order valence-electron chi connectivity index (χ4n) is 3.23. The van der Waals surface area contributed by atoms with Crippen molar-refractivity contribution >= 4 is 29.9 Å². The van der Waals surface area contributed by atoms with Crippen LogP contribution in [0.1, 0.15) is 29.5 Å². The van der Waals surface area contributed by atoms with Gasteiger partial charge in [-0.25, -0.2) is 0 Å². The van der Waals surface area contributed by atoms with E-state index < -0.39 is 0 Å². The lowest BCUT2D eigenvalue weighted by Gasteiger charge is -2.26. The molecule has 1 aliphatic rings. The fraction of sp³-hybridized carbons (Fsp3) is 0.556. The Kier molecular flexibility index (Phi) is 7.70. The summed E-state index contributed by atoms with van der Waals surface area (Å²) in [6.45, 7) is 7.85. The number of carbonyl (C=O) groups is 2. The topological polar surface area (TPSA) is 61.4 Å². The summed E-state index contributed by atoms with van der Waals surface area (Å²) in [7, 11) is 1.71. The van der Waals surface area contributed by atoms with Crippen molar-refractivity contribution in [1.29, 1.82) is 0 Å². The maximum absolute atomic E-state index is 12.4. The van der Waals surface area contributed by atoms with Gasteiger partial charge in [-0.1, -0.05) is 17.7 Å². The lowest BCUT2D eigenvalue weighted by Crippen LogP contribution is -2.42. The first kappa shape index (κ1) is 20.5. The Balaban J connectivity index is 0.00000288. The normalized spacial score (nSPS) is 14.7. The molecule has 134 valence electrons. The zero-order valence-electron chi connectivity index (χ0n) is 14.9. The van der Waals surface area contributed by atoms with Crippen molar-refractivity contribution in [3.63, 3.8) is 0 Å². The summed E-state index contributed by atoms with van der Waals surface area (Å²) in [5, 5.41) is 6.20. The molecule has 1 aliphatic heterocycles. The highest BCUT2D eigenvalue weighted by molar-refractivity contribution is 5.96. The van der Waals surface area contributed by atoms with Crippen molar-refractivity contribution in [2.45, 2.75) is 33.6 Å². The molecule has 0 aromatic heterocycles. The largest absolute Gasteiger partial charge is 0.336 e. The highest BCUT2D eigenvalue weighted by Gasteiger charge is 2.25. The second-order valence-corrected chi connectivity index (χ2v) is 6.54. The Bertz CT molecular complexity index is 575. The van der Waals surface area contributed by atoms with Gasteiger partial charge in [0.2, 0.25) is 11.8 Å². The number of benzene rings is 1. The molecule has 0 atom stereocenters. The number of halogens is 1. The van der Waals surface area contributed by atoms with Gasteiger partial charge in [-0.15, -0.1) is 12.4 Å². The molecule has 1 aromatic carbocycles. The number of rotatable bonds is 4. The second-order valence-electron chi connectivity index (χ2n) is 6.54. The average molecular weight is 354 g/mol. The van der Waals surface area contributed by atoms with E-state index in [1.54, 1.807) is 11.9 Å². The molecule has 0 bridgehead atoms. The van der Waals surface area contributed by atoms with Crippen LogP contribution in [0.15, 0.2) is 12.1 Å². The third kappa shape index (κ3) is 5.21. The summed E-state index contributed by atoms with van der Waals surface area (Å²) in [5.74, 6) is -0.0410. The average Bonchev–Trinajstić information content (AvgIpc) is 2.51. The number of hydrogen-bond acceptors (Lipinski definition) is 3. The van der Waals surface area contributed by atoms with E-state index in [1.807, 2.05) is 32.9 Å². The van der Waals surface area contributed by atoms with E-state index >= 15 is 0 Å². The van der Waals surface area contributed by atoms with Crippen LogP contribution in [0.2, 0.25) is 0 Å². The van der Waals surface area contributed by atoms with Crippen molar-refractivity contribution in [2.24, 2.45) is 5.92 Å². The number of hydrogen-bond donors (Lipinski definition) is 2. The summed E-state index contributed by atoms with van der Waals surface area (Å²) >= 11 is 0. The number of carbonyl (C=O) groups excluding carboxylic acids is 2. The van der Waals surface area contributed by atoms with Crippen molar-refractivity contribution < 1.29 is 9.59 Å². The lowest BCUT2D eigenvalue weighted by atomic mass is 9.97. The Morgan fingerprint density at radius 2 is 1.71 bits per heavy atom. The van der Waals surface area contributed by atoms with E-state index in [4.69, 9.17) is 0 Å². The SMILES string of the molecule is Cc1cc(C)c(NC(=O)CN(C)C(=O)C2CCNCC2)c(C)c1.Cl. The third-order valence-electron chi connectivity index (χ3n) is 4.39. The summed E-state index contributed by atoms with van der Waals surface area (Å²) in [5.41, 5.74) is 4.12. The van der Waals surface area contributed by atoms with Gasteiger partial charge in [0.25, 0.3) is 0 Å². The Morgan fingerprint density at radius 3 is 2.25 bits per heavy atom. The summed E-state index contributed by atoms with van der Waals surface area (Å²) in [4.78, 5) is 26.2. The highest BCUT2D eigenvalue weighted by Crippen LogP contribution is 2.22. The van der Waals surface area contributed by atoms with Gasteiger partial charge in [0, 0.05) is 18.7 Å². The Morgan fingerprint density at radius 1 is 1.17 bits per heavy atom. The fourth-order valence-corrected chi connectivity index (χ4v) is 3.23. The van der Waals surface area contributed by atoms with E-state index in [2.05, 4.69) is 10.6 Å². The number of anilines is 1. The molecule has 2 amide bonds. The molecular formula is C18H28ClN3O2. The molecule has 0 radical (unpaired) electrons. The molecule has 1 fully saturated rings. The van der Waals surface area contributed by atoms with Crippen LogP contribution in [0.3, 0.4) is 0 Å². The van der Waals surface area contributed by atoms with Gasteiger partial charge in [0.05, 0.1) is 6.54 Å². The molecule has 0 spiro atoms. The standard InChI is InChI=1S/C18H27N3O2.ClH/c1-12-9-13(2)17(14(3)10-12)20-16(22)11-21(4)18(23)15-5-7-19-8-6-15;/h9-10,15,19H,5-8,11H2,1-4H3,(H,20,22);1H. The van der Waals surface area contributed by atoms with Gasteiger partial charge >= 0.3 is 0 Å². The van der Waals surface area contributed by atoms with Crippen LogP contribution in [-0.4, -0.2) is 43.4 Å². The van der Waals surface area contributed by atoms with Crippen molar-refractivity contribution in [3.05, 3.63) is 28.8 Å². The molecule has 24 heavy (non-hydrogen) atoms. The van der Waals surface area contributed by atoms with E-state index in [0.717, 1.165) is 42.7 Å². The van der Waals surface area contributed by atoms with E-state index in [0.29, 0.717) is 0 Å². The first-order chi connectivity index (χ1) is 10.9. The van der Waals surface area contributed by atoms with Gasteiger partial charge in [0.15, 0.2) is 0 Å². The van der Waals surface area contributed by atoms with Crippen LogP contribution in [0.25, 0.3) is 0 Å². The van der Waals surface area contributed by atoms with Gasteiger partial charge < -0.3 is 15.5 Å². The number of likely N-dealkylation sites (N-methyl/N-ethyl adjacent to an activating group) is 1. The first-order valence-electron chi connectivity index (χ1n) is 8.22. The lowest BCUT2D eigenvalue weighted by molar-refractivity contribution is -0.137. The summed E-state index contributed by atoms with van der Waals surface area (Å²) < 4.78 is 0. The molecule has 2 N–H and O–H groups in total. The quantitative estimate of drug-likeness (QED) is 0.874. The van der Waals surface area contributed by atoms with E-state index in [9.17, 15) is 9.59 Å². The van der Waals surface area contributed by atoms with Gasteiger partial charge in [-0.2, -0.15) is 0 Å². The van der Waals surface area contributed by atoms with Crippen LogP contribution in [0.4, 0.5) is 5.69 Å². The maximum Gasteiger partial charge on any atom is 0.243 e. The number of nitrogens with zero attached hydrogens (tertiary/aromatic N) is 1. The minimum Gasteiger partial charge on any atom is -0.336 e. The van der Waals surface area contributed by atoms with Gasteiger partial charge in [-0.3, -0.25) is 9.59 Å². The number of piperidine rings is 1. The van der Waals surface area contributed by atoms with Crippen LogP contribution in [-0.2, 0) is 9.59 Å². The predicted octanol–water partition coefficient (Wildman–Crippen LogP) is 2.43. The number of amides is 2. The zero-order valence-corrected chi connectivity index (χ0v) is 15.8. The van der Waals surface area contributed by atoms with Crippen LogP contribution < -0.4 is 10.6 Å². The predicted molar refractivity (Wildman–Crippen MR) is 99.8 cm³/mol. The van der Waals surface area contributed by atoms with Crippen molar-refractivity contribution in [3.8, 4) is 0 Å². The first-order valence-corrected chi connectivity index (χ1v) is 8.22. The van der Waals surface area contributed by atoms with E-state index in [1.165, 1.54) is 5.56 Å². The molecule has 1 aromatic rings. The minimum atomic E-state index is -0.148. The molecule has 0 aliphatic carbocycles. The molecule has 6 heteroatoms. The summed E-state index contributed by atoms with van der Waals surface area (Å²) in [6.07, 6.45) is 1.70.